The van der Waals surface area contributed by atoms with Crippen molar-refractivity contribution >= 4 is 21.0 Å². The van der Waals surface area contributed by atoms with Crippen LogP contribution in [0.25, 0.3) is 22.2 Å². The fraction of sp³-hybridized carbons (Fsp3) is 0.158. The number of halogens is 2. The van der Waals surface area contributed by atoms with Gasteiger partial charge in [-0.15, -0.1) is 0 Å². The molecule has 0 atom stereocenters. The van der Waals surface area contributed by atoms with E-state index in [4.69, 9.17) is 4.74 Å². The molecule has 0 radical (unpaired) electrons. The first-order valence-corrected chi connectivity index (χ1v) is 16.4. The SMILES string of the molecule is Cc1ccc(S(=O)(=O)O)c(CCc2ccc(Cn3c(-c4ccc(F)cc4C)c(F)c4cc(OCc5ccccc5)ccc43)cc2)c1. The summed E-state index contributed by atoms with van der Waals surface area (Å²) < 4.78 is 71.7. The molecule has 0 spiro atoms. The Kier molecular flexibility index (Phi) is 8.75. The van der Waals surface area contributed by atoms with Crippen LogP contribution >= 0.6 is 0 Å². The highest BCUT2D eigenvalue weighted by atomic mass is 32.2. The van der Waals surface area contributed by atoms with Crippen molar-refractivity contribution in [3.63, 3.8) is 0 Å². The molecule has 0 amide bonds. The summed E-state index contributed by atoms with van der Waals surface area (Å²) in [7, 11) is -4.33. The summed E-state index contributed by atoms with van der Waals surface area (Å²) in [6, 6.07) is 32.3. The van der Waals surface area contributed by atoms with Crippen LogP contribution in [0.4, 0.5) is 8.78 Å². The lowest BCUT2D eigenvalue weighted by atomic mass is 10.0. The van der Waals surface area contributed by atoms with E-state index in [0.717, 1.165) is 22.3 Å². The van der Waals surface area contributed by atoms with Crippen LogP contribution in [0.15, 0.2) is 114 Å². The van der Waals surface area contributed by atoms with E-state index < -0.39 is 15.9 Å². The van der Waals surface area contributed by atoms with E-state index in [2.05, 4.69) is 0 Å². The average Bonchev–Trinajstić information content (AvgIpc) is 3.29. The van der Waals surface area contributed by atoms with E-state index >= 15 is 4.39 Å². The first-order valence-electron chi connectivity index (χ1n) is 15.0. The lowest BCUT2D eigenvalue weighted by Crippen LogP contribution is -2.05. The Hall–Kier alpha value is -4.79. The lowest BCUT2D eigenvalue weighted by molar-refractivity contribution is 0.306. The Morgan fingerprint density at radius 2 is 1.50 bits per heavy atom. The maximum absolute atomic E-state index is 16.3. The summed E-state index contributed by atoms with van der Waals surface area (Å²) in [5.41, 5.74) is 6.68. The quantitative estimate of drug-likeness (QED) is 0.152. The Balaban J connectivity index is 1.30. The zero-order valence-electron chi connectivity index (χ0n) is 25.5. The van der Waals surface area contributed by atoms with Gasteiger partial charge in [-0.25, -0.2) is 8.78 Å². The van der Waals surface area contributed by atoms with Gasteiger partial charge in [-0.05, 0) is 97.0 Å². The van der Waals surface area contributed by atoms with Crippen molar-refractivity contribution in [1.82, 2.24) is 4.57 Å². The molecule has 6 rings (SSSR count). The maximum Gasteiger partial charge on any atom is 0.294 e. The summed E-state index contributed by atoms with van der Waals surface area (Å²) in [5.74, 6) is -0.241. The van der Waals surface area contributed by atoms with Crippen molar-refractivity contribution in [3.05, 3.63) is 154 Å². The summed E-state index contributed by atoms with van der Waals surface area (Å²) in [4.78, 5) is -0.0755. The topological polar surface area (TPSA) is 68.5 Å². The standard InChI is InChI=1S/C38H33F2NO4S/c1-25-8-19-36(46(42,43)44)30(20-25)14-13-27-9-11-28(12-10-27)23-41-35-18-16-32(45-24-29-6-4-3-5-7-29)22-34(35)37(40)38(41)33-17-15-31(39)21-26(33)2/h3-12,15-22H,13-14,23-24H2,1-2H3,(H,42,43,44). The molecule has 1 heterocycles. The molecule has 0 aliphatic carbocycles. The Bertz CT molecular complexity index is 2140. The van der Waals surface area contributed by atoms with Crippen molar-refractivity contribution in [2.75, 3.05) is 0 Å². The molecule has 8 heteroatoms. The van der Waals surface area contributed by atoms with Gasteiger partial charge in [0.25, 0.3) is 10.1 Å². The second-order valence-electron chi connectivity index (χ2n) is 11.6. The number of hydrogen-bond donors (Lipinski definition) is 1. The Morgan fingerprint density at radius 3 is 2.22 bits per heavy atom. The fourth-order valence-electron chi connectivity index (χ4n) is 5.87. The minimum Gasteiger partial charge on any atom is -0.489 e. The van der Waals surface area contributed by atoms with Crippen molar-refractivity contribution < 1.29 is 26.5 Å². The monoisotopic (exact) mass is 637 g/mol. The minimum atomic E-state index is -4.33. The van der Waals surface area contributed by atoms with Gasteiger partial charge in [0, 0.05) is 17.5 Å². The first kappa shape index (κ1) is 31.2. The predicted octanol–water partition coefficient (Wildman–Crippen LogP) is 8.86. The van der Waals surface area contributed by atoms with Crippen LogP contribution in [0.3, 0.4) is 0 Å². The van der Waals surface area contributed by atoms with E-state index in [1.165, 1.54) is 18.2 Å². The highest BCUT2D eigenvalue weighted by Crippen LogP contribution is 2.37. The maximum atomic E-state index is 16.3. The van der Waals surface area contributed by atoms with Crippen molar-refractivity contribution in [3.8, 4) is 17.0 Å². The van der Waals surface area contributed by atoms with Crippen molar-refractivity contribution in [1.29, 1.82) is 0 Å². The molecular formula is C38H33F2NO4S. The van der Waals surface area contributed by atoms with E-state index in [-0.39, 0.29) is 10.7 Å². The summed E-state index contributed by atoms with van der Waals surface area (Å²) in [6.45, 7) is 4.36. The molecule has 0 aliphatic rings. The fourth-order valence-corrected chi connectivity index (χ4v) is 6.60. The number of nitrogens with zero attached hydrogens (tertiary/aromatic N) is 1. The molecule has 234 valence electrons. The summed E-state index contributed by atoms with van der Waals surface area (Å²) >= 11 is 0. The molecule has 5 aromatic carbocycles. The molecule has 6 aromatic rings. The van der Waals surface area contributed by atoms with Gasteiger partial charge in [-0.2, -0.15) is 8.42 Å². The molecule has 0 bridgehead atoms. The third kappa shape index (κ3) is 6.73. The molecule has 0 fully saturated rings. The van der Waals surface area contributed by atoms with Gasteiger partial charge in [-0.1, -0.05) is 72.3 Å². The predicted molar refractivity (Wildman–Crippen MR) is 177 cm³/mol. The minimum absolute atomic E-state index is 0.0755. The Labute approximate surface area is 267 Å². The molecule has 5 nitrogen and oxygen atoms in total. The number of ether oxygens (including phenoxy) is 1. The van der Waals surface area contributed by atoms with Crippen LogP contribution in [-0.4, -0.2) is 17.5 Å². The number of benzene rings is 5. The molecule has 1 N–H and O–H groups in total. The van der Waals surface area contributed by atoms with Crippen LogP contribution in [0.2, 0.25) is 0 Å². The van der Waals surface area contributed by atoms with Gasteiger partial charge >= 0.3 is 0 Å². The summed E-state index contributed by atoms with van der Waals surface area (Å²) in [6.07, 6.45) is 1.01. The molecule has 0 aliphatic heterocycles. The van der Waals surface area contributed by atoms with Crippen LogP contribution in [0, 0.1) is 25.5 Å². The summed E-state index contributed by atoms with van der Waals surface area (Å²) in [5, 5.41) is 0.411. The van der Waals surface area contributed by atoms with E-state index in [1.54, 1.807) is 31.2 Å². The second kappa shape index (κ2) is 12.9. The highest BCUT2D eigenvalue weighted by molar-refractivity contribution is 7.85. The second-order valence-corrected chi connectivity index (χ2v) is 13.0. The molecule has 1 aromatic heterocycles. The van der Waals surface area contributed by atoms with Crippen LogP contribution in [0.5, 0.6) is 5.75 Å². The molecule has 0 saturated heterocycles. The highest BCUT2D eigenvalue weighted by Gasteiger charge is 2.22. The average molecular weight is 638 g/mol. The molecule has 0 saturated carbocycles. The lowest BCUT2D eigenvalue weighted by Gasteiger charge is -2.14. The largest absolute Gasteiger partial charge is 0.489 e. The number of fused-ring (bicyclic) bond motifs is 1. The molecule has 0 unspecified atom stereocenters. The number of hydrogen-bond acceptors (Lipinski definition) is 3. The number of aryl methyl sites for hydroxylation is 4. The zero-order valence-corrected chi connectivity index (χ0v) is 26.3. The van der Waals surface area contributed by atoms with Crippen molar-refractivity contribution in [2.24, 2.45) is 0 Å². The van der Waals surface area contributed by atoms with E-state index in [1.807, 2.05) is 78.2 Å². The molecule has 46 heavy (non-hydrogen) atoms. The van der Waals surface area contributed by atoms with Gasteiger partial charge in [-0.3, -0.25) is 4.55 Å². The zero-order chi connectivity index (χ0) is 32.4. The van der Waals surface area contributed by atoms with Crippen LogP contribution in [-0.2, 0) is 36.1 Å². The van der Waals surface area contributed by atoms with Gasteiger partial charge in [0.2, 0.25) is 0 Å². The normalized spacial score (nSPS) is 11.7. The smallest absolute Gasteiger partial charge is 0.294 e. The first-order chi connectivity index (χ1) is 22.1. The van der Waals surface area contributed by atoms with Crippen molar-refractivity contribution in [2.45, 2.75) is 44.7 Å². The van der Waals surface area contributed by atoms with E-state index in [0.29, 0.717) is 65.0 Å². The van der Waals surface area contributed by atoms with Crippen LogP contribution in [0.1, 0.15) is 33.4 Å². The third-order valence-electron chi connectivity index (χ3n) is 8.21. The van der Waals surface area contributed by atoms with Gasteiger partial charge in [0.1, 0.15) is 18.2 Å². The van der Waals surface area contributed by atoms with Crippen LogP contribution < -0.4 is 4.74 Å². The van der Waals surface area contributed by atoms with Gasteiger partial charge in [0.15, 0.2) is 5.82 Å². The van der Waals surface area contributed by atoms with Gasteiger partial charge in [0.05, 0.1) is 16.1 Å². The van der Waals surface area contributed by atoms with Gasteiger partial charge < -0.3 is 9.30 Å². The number of rotatable bonds is 10. The number of aromatic nitrogens is 1. The Morgan fingerprint density at radius 1 is 0.761 bits per heavy atom. The molecular weight excluding hydrogens is 604 g/mol. The third-order valence-corrected chi connectivity index (χ3v) is 9.16. The van der Waals surface area contributed by atoms with E-state index in [9.17, 15) is 17.4 Å².